The highest BCUT2D eigenvalue weighted by atomic mass is 35.5. The first-order valence-corrected chi connectivity index (χ1v) is 6.29. The first-order chi connectivity index (χ1) is 7.66. The van der Waals surface area contributed by atoms with Crippen LogP contribution in [-0.2, 0) is 0 Å². The molecular formula is C13H19ClN2. The Kier molecular flexibility index (Phi) is 3.85. The molecule has 2 N–H and O–H groups in total. The number of rotatable bonds is 2. The molecule has 2 nitrogen and oxygen atoms in total. The summed E-state index contributed by atoms with van der Waals surface area (Å²) in [5.41, 5.74) is 7.32. The molecule has 3 heteroatoms. The third-order valence-corrected chi connectivity index (χ3v) is 3.64. The van der Waals surface area contributed by atoms with Crippen molar-refractivity contribution in [2.45, 2.75) is 31.8 Å². The third kappa shape index (κ3) is 2.76. The predicted molar refractivity (Wildman–Crippen MR) is 68.6 cm³/mol. The van der Waals surface area contributed by atoms with Crippen LogP contribution < -0.4 is 5.73 Å². The van der Waals surface area contributed by atoms with Crippen molar-refractivity contribution in [3.05, 3.63) is 34.9 Å². The Morgan fingerprint density at radius 2 is 2.06 bits per heavy atom. The number of likely N-dealkylation sites (tertiary alicyclic amines) is 1. The van der Waals surface area contributed by atoms with E-state index in [0.29, 0.717) is 12.1 Å². The molecule has 1 aliphatic rings. The Bertz CT molecular complexity index is 336. The van der Waals surface area contributed by atoms with Crippen LogP contribution in [0.5, 0.6) is 0 Å². The van der Waals surface area contributed by atoms with Gasteiger partial charge in [0.15, 0.2) is 0 Å². The molecule has 0 spiro atoms. The van der Waals surface area contributed by atoms with Crippen molar-refractivity contribution in [3.8, 4) is 0 Å². The van der Waals surface area contributed by atoms with Gasteiger partial charge in [-0.25, -0.2) is 0 Å². The van der Waals surface area contributed by atoms with Gasteiger partial charge in [0.2, 0.25) is 0 Å². The second-order valence-corrected chi connectivity index (χ2v) is 5.06. The second kappa shape index (κ2) is 5.17. The van der Waals surface area contributed by atoms with Crippen LogP contribution in [0.1, 0.15) is 31.4 Å². The zero-order valence-electron chi connectivity index (χ0n) is 9.70. The van der Waals surface area contributed by atoms with E-state index in [0.717, 1.165) is 24.5 Å². The van der Waals surface area contributed by atoms with Crippen LogP contribution in [0, 0.1) is 0 Å². The first-order valence-electron chi connectivity index (χ1n) is 5.92. The summed E-state index contributed by atoms with van der Waals surface area (Å²) < 4.78 is 0. The number of piperidine rings is 1. The number of halogens is 1. The molecule has 0 aromatic heterocycles. The fourth-order valence-electron chi connectivity index (χ4n) is 2.34. The standard InChI is InChI=1S/C13H19ClN2/c1-10(11-4-6-12(14)7-5-11)16-8-2-3-13(15)9-16/h4-7,10,13H,2-3,8-9,15H2,1H3. The molecule has 0 saturated carbocycles. The van der Waals surface area contributed by atoms with Crippen LogP contribution in [0.15, 0.2) is 24.3 Å². The van der Waals surface area contributed by atoms with Gasteiger partial charge in [0.1, 0.15) is 0 Å². The molecule has 2 unspecified atom stereocenters. The molecule has 0 aliphatic carbocycles. The lowest BCUT2D eigenvalue weighted by atomic mass is 10.0. The van der Waals surface area contributed by atoms with Crippen molar-refractivity contribution >= 4 is 11.6 Å². The predicted octanol–water partition coefficient (Wildman–Crippen LogP) is 2.82. The lowest BCUT2D eigenvalue weighted by molar-refractivity contribution is 0.159. The van der Waals surface area contributed by atoms with E-state index in [1.807, 2.05) is 12.1 Å². The Morgan fingerprint density at radius 3 is 2.69 bits per heavy atom. The van der Waals surface area contributed by atoms with Crippen molar-refractivity contribution in [1.29, 1.82) is 0 Å². The van der Waals surface area contributed by atoms with E-state index in [-0.39, 0.29) is 0 Å². The summed E-state index contributed by atoms with van der Waals surface area (Å²) in [6, 6.07) is 8.89. The van der Waals surface area contributed by atoms with Crippen molar-refractivity contribution in [3.63, 3.8) is 0 Å². The number of nitrogens with two attached hydrogens (primary N) is 1. The van der Waals surface area contributed by atoms with E-state index >= 15 is 0 Å². The average molecular weight is 239 g/mol. The average Bonchev–Trinajstić information content (AvgIpc) is 2.29. The third-order valence-electron chi connectivity index (χ3n) is 3.39. The van der Waals surface area contributed by atoms with Gasteiger partial charge in [0, 0.05) is 23.7 Å². The fourth-order valence-corrected chi connectivity index (χ4v) is 2.47. The van der Waals surface area contributed by atoms with E-state index in [1.54, 1.807) is 0 Å². The highest BCUT2D eigenvalue weighted by molar-refractivity contribution is 6.30. The monoisotopic (exact) mass is 238 g/mol. The van der Waals surface area contributed by atoms with Gasteiger partial charge < -0.3 is 5.73 Å². The van der Waals surface area contributed by atoms with Crippen molar-refractivity contribution in [2.75, 3.05) is 13.1 Å². The number of hydrogen-bond acceptors (Lipinski definition) is 2. The summed E-state index contributed by atoms with van der Waals surface area (Å²) in [5.74, 6) is 0. The molecule has 1 saturated heterocycles. The number of nitrogens with zero attached hydrogens (tertiary/aromatic N) is 1. The Labute approximate surface area is 102 Å². The van der Waals surface area contributed by atoms with Crippen LogP contribution in [0.4, 0.5) is 0 Å². The Hall–Kier alpha value is -0.570. The molecule has 0 bridgehead atoms. The summed E-state index contributed by atoms with van der Waals surface area (Å²) in [5, 5.41) is 0.797. The number of benzene rings is 1. The van der Waals surface area contributed by atoms with E-state index in [2.05, 4.69) is 24.0 Å². The fraction of sp³-hybridized carbons (Fsp3) is 0.538. The molecule has 1 aromatic carbocycles. The van der Waals surface area contributed by atoms with Gasteiger partial charge in [-0.2, -0.15) is 0 Å². The summed E-state index contributed by atoms with van der Waals surface area (Å²) in [7, 11) is 0. The van der Waals surface area contributed by atoms with Crippen LogP contribution >= 0.6 is 11.6 Å². The molecule has 16 heavy (non-hydrogen) atoms. The van der Waals surface area contributed by atoms with Gasteiger partial charge in [0.25, 0.3) is 0 Å². The van der Waals surface area contributed by atoms with E-state index < -0.39 is 0 Å². The molecule has 2 atom stereocenters. The molecule has 2 rings (SSSR count). The molecule has 1 aromatic rings. The molecule has 1 heterocycles. The molecular weight excluding hydrogens is 220 g/mol. The van der Waals surface area contributed by atoms with Crippen molar-refractivity contribution in [1.82, 2.24) is 4.90 Å². The SMILES string of the molecule is CC(c1ccc(Cl)cc1)N1CCCC(N)C1. The highest BCUT2D eigenvalue weighted by Crippen LogP contribution is 2.24. The first kappa shape index (κ1) is 11.9. The summed E-state index contributed by atoms with van der Waals surface area (Å²) >= 11 is 5.89. The zero-order valence-corrected chi connectivity index (χ0v) is 10.5. The molecule has 1 aliphatic heterocycles. The maximum Gasteiger partial charge on any atom is 0.0406 e. The summed E-state index contributed by atoms with van der Waals surface area (Å²) in [6.45, 7) is 4.39. The molecule has 1 fully saturated rings. The zero-order chi connectivity index (χ0) is 11.5. The van der Waals surface area contributed by atoms with Crippen LogP contribution in [0.2, 0.25) is 5.02 Å². The second-order valence-electron chi connectivity index (χ2n) is 4.62. The van der Waals surface area contributed by atoms with Gasteiger partial charge in [-0.3, -0.25) is 4.90 Å². The van der Waals surface area contributed by atoms with Crippen molar-refractivity contribution in [2.24, 2.45) is 5.73 Å². The van der Waals surface area contributed by atoms with Crippen LogP contribution in [0.25, 0.3) is 0 Å². The minimum atomic E-state index is 0.337. The van der Waals surface area contributed by atoms with Gasteiger partial charge in [-0.05, 0) is 44.0 Å². The minimum absolute atomic E-state index is 0.337. The quantitative estimate of drug-likeness (QED) is 0.859. The normalized spacial score (nSPS) is 24.3. The largest absolute Gasteiger partial charge is 0.327 e. The van der Waals surface area contributed by atoms with Gasteiger partial charge in [-0.15, -0.1) is 0 Å². The van der Waals surface area contributed by atoms with Gasteiger partial charge in [0.05, 0.1) is 0 Å². The van der Waals surface area contributed by atoms with Crippen LogP contribution in [-0.4, -0.2) is 24.0 Å². The van der Waals surface area contributed by atoms with E-state index in [9.17, 15) is 0 Å². The molecule has 0 amide bonds. The topological polar surface area (TPSA) is 29.3 Å². The molecule has 88 valence electrons. The van der Waals surface area contributed by atoms with Gasteiger partial charge in [-0.1, -0.05) is 23.7 Å². The Morgan fingerprint density at radius 1 is 1.38 bits per heavy atom. The van der Waals surface area contributed by atoms with E-state index in [1.165, 1.54) is 12.0 Å². The Balaban J connectivity index is 2.06. The molecule has 0 radical (unpaired) electrons. The highest BCUT2D eigenvalue weighted by Gasteiger charge is 2.21. The minimum Gasteiger partial charge on any atom is -0.327 e. The van der Waals surface area contributed by atoms with Crippen molar-refractivity contribution < 1.29 is 0 Å². The summed E-state index contributed by atoms with van der Waals surface area (Å²) in [4.78, 5) is 2.46. The number of hydrogen-bond donors (Lipinski definition) is 1. The van der Waals surface area contributed by atoms with Gasteiger partial charge >= 0.3 is 0 Å². The maximum absolute atomic E-state index is 6.00. The lowest BCUT2D eigenvalue weighted by Gasteiger charge is -2.35. The summed E-state index contributed by atoms with van der Waals surface area (Å²) in [6.07, 6.45) is 2.36. The lowest BCUT2D eigenvalue weighted by Crippen LogP contribution is -2.43. The maximum atomic E-state index is 6.00. The van der Waals surface area contributed by atoms with E-state index in [4.69, 9.17) is 17.3 Å². The van der Waals surface area contributed by atoms with Crippen LogP contribution in [0.3, 0.4) is 0 Å². The smallest absolute Gasteiger partial charge is 0.0406 e.